The molecule has 5 aliphatic rings. The molecular formula is C33H35NO7. The van der Waals surface area contributed by atoms with Gasteiger partial charge in [-0.05, 0) is 60.1 Å². The van der Waals surface area contributed by atoms with Crippen LogP contribution in [0.4, 0.5) is 0 Å². The molecule has 1 spiro atoms. The molecule has 2 aromatic rings. The van der Waals surface area contributed by atoms with Crippen molar-refractivity contribution < 1.29 is 33.6 Å². The van der Waals surface area contributed by atoms with E-state index in [0.717, 1.165) is 24.8 Å². The second kappa shape index (κ2) is 10.8. The fraction of sp³-hybridized carbons (Fsp3) is 0.455. The Balaban J connectivity index is 1.08. The zero-order chi connectivity index (χ0) is 28.0. The van der Waals surface area contributed by atoms with Gasteiger partial charge in [-0.15, -0.1) is 0 Å². The minimum atomic E-state index is -0.855. The predicted molar refractivity (Wildman–Crippen MR) is 150 cm³/mol. The number of hydrogen-bond donors (Lipinski definition) is 2. The van der Waals surface area contributed by atoms with E-state index in [-0.39, 0.29) is 25.5 Å². The number of nitrogens with one attached hydrogen (secondary N) is 1. The number of aliphatic hydroxyl groups is 1. The molecule has 8 nitrogen and oxygen atoms in total. The van der Waals surface area contributed by atoms with Crippen LogP contribution in [-0.2, 0) is 36.6 Å². The Morgan fingerprint density at radius 1 is 1.05 bits per heavy atom. The van der Waals surface area contributed by atoms with Crippen molar-refractivity contribution in [2.75, 3.05) is 13.2 Å². The minimum Gasteiger partial charge on any atom is -0.456 e. The van der Waals surface area contributed by atoms with Crippen LogP contribution in [0, 0.1) is 5.92 Å². The third-order valence-electron chi connectivity index (χ3n) is 8.89. The average Bonchev–Trinajstić information content (AvgIpc) is 3.54. The third kappa shape index (κ3) is 5.49. The standard InChI is InChI=1S/C33H35NO7/c35-13-12-34-31(36)25-16-28(30-29(17-25)40-33(41-30)18-23-5-1-2-6-24(23)19-33)39-32(37)22-7-3-4-20(14-22)8-9-21-10-11-26-27(15-21)38-26/h1-9,14,17,21,26-30,35H,10-13,15-16,18-19H2,(H,34,36)/t21?,26?,27?,28-,29-,30+/m1/s1. The zero-order valence-electron chi connectivity index (χ0n) is 22.9. The van der Waals surface area contributed by atoms with E-state index in [1.807, 2.05) is 30.3 Å². The van der Waals surface area contributed by atoms with E-state index < -0.39 is 30.1 Å². The molecule has 0 radical (unpaired) electrons. The van der Waals surface area contributed by atoms with Gasteiger partial charge in [0.2, 0.25) is 5.91 Å². The summed E-state index contributed by atoms with van der Waals surface area (Å²) in [6, 6.07) is 15.6. The molecule has 6 atom stereocenters. The maximum atomic E-state index is 13.4. The van der Waals surface area contributed by atoms with Crippen molar-refractivity contribution in [3.8, 4) is 0 Å². The normalized spacial score (nSPS) is 30.8. The fourth-order valence-corrected chi connectivity index (χ4v) is 6.78. The number of rotatable bonds is 7. The van der Waals surface area contributed by atoms with E-state index in [1.54, 1.807) is 12.1 Å². The van der Waals surface area contributed by atoms with Crippen LogP contribution < -0.4 is 5.32 Å². The lowest BCUT2D eigenvalue weighted by atomic mass is 9.88. The van der Waals surface area contributed by atoms with Gasteiger partial charge in [-0.25, -0.2) is 4.79 Å². The number of carbonyl (C=O) groups is 2. The number of amides is 1. The van der Waals surface area contributed by atoms with E-state index in [9.17, 15) is 14.7 Å². The molecule has 0 bridgehead atoms. The number of carbonyl (C=O) groups excluding carboxylic acids is 2. The van der Waals surface area contributed by atoms with Crippen LogP contribution in [0.1, 0.15) is 52.7 Å². The van der Waals surface area contributed by atoms with Crippen molar-refractivity contribution in [2.45, 2.75) is 74.8 Å². The van der Waals surface area contributed by atoms with Gasteiger partial charge in [-0.3, -0.25) is 4.79 Å². The summed E-state index contributed by atoms with van der Waals surface area (Å²) in [5.41, 5.74) is 4.19. The molecule has 3 unspecified atom stereocenters. The van der Waals surface area contributed by atoms with Gasteiger partial charge in [0.15, 0.2) is 5.79 Å². The lowest BCUT2D eigenvalue weighted by Crippen LogP contribution is -2.44. The van der Waals surface area contributed by atoms with Crippen LogP contribution >= 0.6 is 0 Å². The summed E-state index contributed by atoms with van der Waals surface area (Å²) in [4.78, 5) is 26.3. The van der Waals surface area contributed by atoms with E-state index in [2.05, 4.69) is 29.6 Å². The van der Waals surface area contributed by atoms with Gasteiger partial charge < -0.3 is 29.4 Å². The molecule has 0 aromatic heterocycles. The van der Waals surface area contributed by atoms with Crippen LogP contribution in [0.15, 0.2) is 66.3 Å². The molecule has 3 aliphatic carbocycles. The molecule has 41 heavy (non-hydrogen) atoms. The first-order chi connectivity index (χ1) is 20.0. The molecule has 7 rings (SSSR count). The van der Waals surface area contributed by atoms with Crippen LogP contribution in [-0.4, -0.2) is 66.4 Å². The van der Waals surface area contributed by atoms with Crippen LogP contribution in [0.2, 0.25) is 0 Å². The number of fused-ring (bicyclic) bond motifs is 3. The maximum absolute atomic E-state index is 13.4. The number of benzene rings is 2. The first-order valence-electron chi connectivity index (χ1n) is 14.7. The second-order valence-electron chi connectivity index (χ2n) is 11.8. The Morgan fingerprint density at radius 3 is 2.66 bits per heavy atom. The number of esters is 1. The van der Waals surface area contributed by atoms with Gasteiger partial charge in [-0.1, -0.05) is 48.6 Å². The molecular weight excluding hydrogens is 522 g/mol. The van der Waals surface area contributed by atoms with Crippen LogP contribution in [0.3, 0.4) is 0 Å². The van der Waals surface area contributed by atoms with Gasteiger partial charge in [-0.2, -0.15) is 0 Å². The predicted octanol–water partition coefficient (Wildman–Crippen LogP) is 3.51. The van der Waals surface area contributed by atoms with Gasteiger partial charge in [0.05, 0.1) is 24.4 Å². The topological polar surface area (TPSA) is 107 Å². The molecule has 1 saturated carbocycles. The molecule has 3 fully saturated rings. The summed E-state index contributed by atoms with van der Waals surface area (Å²) in [6.07, 6.45) is 9.88. The molecule has 2 aliphatic heterocycles. The molecule has 2 N–H and O–H groups in total. The number of hydrogen-bond acceptors (Lipinski definition) is 7. The third-order valence-corrected chi connectivity index (χ3v) is 8.89. The summed E-state index contributed by atoms with van der Waals surface area (Å²) in [5.74, 6) is -1.14. The number of aliphatic hydroxyl groups excluding tert-OH is 1. The van der Waals surface area contributed by atoms with Crippen molar-refractivity contribution in [3.05, 3.63) is 88.5 Å². The maximum Gasteiger partial charge on any atom is 0.338 e. The highest BCUT2D eigenvalue weighted by atomic mass is 16.8. The lowest BCUT2D eigenvalue weighted by Gasteiger charge is -2.30. The highest BCUT2D eigenvalue weighted by molar-refractivity contribution is 5.94. The van der Waals surface area contributed by atoms with Gasteiger partial charge >= 0.3 is 5.97 Å². The monoisotopic (exact) mass is 557 g/mol. The van der Waals surface area contributed by atoms with E-state index >= 15 is 0 Å². The number of epoxide rings is 1. The fourth-order valence-electron chi connectivity index (χ4n) is 6.78. The average molecular weight is 558 g/mol. The van der Waals surface area contributed by atoms with Crippen LogP contribution in [0.5, 0.6) is 0 Å². The summed E-state index contributed by atoms with van der Waals surface area (Å²) < 4.78 is 24.8. The van der Waals surface area contributed by atoms with Crippen molar-refractivity contribution in [3.63, 3.8) is 0 Å². The Hall–Kier alpha value is -3.30. The number of allylic oxidation sites excluding steroid dienone is 1. The molecule has 1 amide bonds. The first-order valence-corrected chi connectivity index (χ1v) is 14.7. The van der Waals surface area contributed by atoms with Gasteiger partial charge in [0, 0.05) is 31.4 Å². The van der Waals surface area contributed by atoms with E-state index in [4.69, 9.17) is 18.9 Å². The van der Waals surface area contributed by atoms with Crippen molar-refractivity contribution in [1.29, 1.82) is 0 Å². The lowest BCUT2D eigenvalue weighted by molar-refractivity contribution is -0.172. The minimum absolute atomic E-state index is 0.140. The quantitative estimate of drug-likeness (QED) is 0.396. The Kier molecular flexibility index (Phi) is 7.03. The zero-order valence-corrected chi connectivity index (χ0v) is 22.9. The first kappa shape index (κ1) is 26.6. The summed E-state index contributed by atoms with van der Waals surface area (Å²) in [7, 11) is 0. The molecule has 214 valence electrons. The summed E-state index contributed by atoms with van der Waals surface area (Å²) >= 11 is 0. The Morgan fingerprint density at radius 2 is 1.88 bits per heavy atom. The van der Waals surface area contributed by atoms with E-state index in [0.29, 0.717) is 42.1 Å². The Bertz CT molecular complexity index is 1370. The van der Waals surface area contributed by atoms with Crippen LogP contribution in [0.25, 0.3) is 6.08 Å². The highest BCUT2D eigenvalue weighted by Crippen LogP contribution is 2.45. The van der Waals surface area contributed by atoms with Crippen molar-refractivity contribution in [1.82, 2.24) is 5.32 Å². The smallest absolute Gasteiger partial charge is 0.338 e. The highest BCUT2D eigenvalue weighted by Gasteiger charge is 2.55. The molecule has 2 saturated heterocycles. The summed E-state index contributed by atoms with van der Waals surface area (Å²) in [5, 5.41) is 11.9. The SMILES string of the molecule is O=C(NCCO)C1=C[C@H]2OC3(Cc4ccccc4C3)O[C@H]2[C@H](OC(=O)c2cccc(C=CC3CCC4OC4C3)c2)C1. The molecule has 2 heterocycles. The van der Waals surface area contributed by atoms with Crippen molar-refractivity contribution >= 4 is 18.0 Å². The van der Waals surface area contributed by atoms with Gasteiger partial charge in [0.25, 0.3) is 0 Å². The largest absolute Gasteiger partial charge is 0.456 e. The molecule has 8 heteroatoms. The molecule has 2 aromatic carbocycles. The van der Waals surface area contributed by atoms with Crippen molar-refractivity contribution in [2.24, 2.45) is 5.92 Å². The second-order valence-corrected chi connectivity index (χ2v) is 11.8. The van der Waals surface area contributed by atoms with E-state index in [1.165, 1.54) is 11.1 Å². The number of ether oxygens (including phenoxy) is 4. The Labute approximate surface area is 239 Å². The van der Waals surface area contributed by atoms with Gasteiger partial charge in [0.1, 0.15) is 18.3 Å². The summed E-state index contributed by atoms with van der Waals surface area (Å²) in [6.45, 7) is -0.0222.